The van der Waals surface area contributed by atoms with E-state index in [4.69, 9.17) is 0 Å². The van der Waals surface area contributed by atoms with Gasteiger partial charge in [0.1, 0.15) is 12.6 Å². The molecule has 0 aromatic heterocycles. The molecule has 1 aromatic carbocycles. The standard InChI is InChI=1S/C18H40NO.C7H6O2/c1-5-7-9-10-11-12-13-14-15-18(20)17-19(3,4)16-8-6-2;8-7(9)6-4-2-1-3-5-6/h18,20H,5-17H2,1-4H3;1-5H,(H,8,9)/q+1;/p-1. The monoisotopic (exact) mass is 407 g/mol. The number of hydrogen-bond acceptors (Lipinski definition) is 3. The maximum absolute atomic E-state index is 10.1. The Hall–Kier alpha value is -1.39. The summed E-state index contributed by atoms with van der Waals surface area (Å²) in [5.74, 6) is -1.13. The molecule has 1 atom stereocenters. The minimum Gasteiger partial charge on any atom is -0.545 e. The number of carbonyl (C=O) groups excluding carboxylic acids is 1. The van der Waals surface area contributed by atoms with Crippen LogP contribution in [0, 0.1) is 0 Å². The average molecular weight is 408 g/mol. The van der Waals surface area contributed by atoms with Gasteiger partial charge in [0.15, 0.2) is 0 Å². The van der Waals surface area contributed by atoms with Gasteiger partial charge in [-0.15, -0.1) is 0 Å². The second-order valence-electron chi connectivity index (χ2n) is 8.77. The van der Waals surface area contributed by atoms with Crippen molar-refractivity contribution in [3.63, 3.8) is 0 Å². The number of nitrogens with zero attached hydrogens (tertiary/aromatic N) is 1. The van der Waals surface area contributed by atoms with Crippen LogP contribution in [0.5, 0.6) is 0 Å². The van der Waals surface area contributed by atoms with E-state index in [0.29, 0.717) is 0 Å². The number of carboxylic acid groups (broad SMARTS) is 1. The summed E-state index contributed by atoms with van der Waals surface area (Å²) in [6.45, 7) is 6.60. The SMILES string of the molecule is CCCCCCCCCCC(O)C[N+](C)(C)CCCC.O=C([O-])c1ccccc1. The predicted octanol–water partition coefficient (Wildman–Crippen LogP) is 4.80. The molecule has 0 fully saturated rings. The zero-order valence-corrected chi connectivity index (χ0v) is 19.4. The van der Waals surface area contributed by atoms with Crippen LogP contribution >= 0.6 is 0 Å². The van der Waals surface area contributed by atoms with E-state index in [-0.39, 0.29) is 11.7 Å². The summed E-state index contributed by atoms with van der Waals surface area (Å²) >= 11 is 0. The van der Waals surface area contributed by atoms with Crippen LogP contribution in [-0.4, -0.2) is 48.8 Å². The molecule has 0 saturated carbocycles. The van der Waals surface area contributed by atoms with Crippen molar-refractivity contribution in [1.82, 2.24) is 0 Å². The molecule has 4 nitrogen and oxygen atoms in total. The van der Waals surface area contributed by atoms with Crippen LogP contribution in [0.1, 0.15) is 94.8 Å². The van der Waals surface area contributed by atoms with E-state index in [1.54, 1.807) is 18.2 Å². The average Bonchev–Trinajstić information content (AvgIpc) is 2.69. The van der Waals surface area contributed by atoms with Crippen molar-refractivity contribution in [2.45, 2.75) is 90.6 Å². The number of aliphatic hydroxyl groups excluding tert-OH is 1. The number of unbranched alkanes of at least 4 members (excludes halogenated alkanes) is 8. The molecular weight excluding hydrogens is 362 g/mol. The summed E-state index contributed by atoms with van der Waals surface area (Å²) in [6.07, 6.45) is 14.1. The minimum atomic E-state index is -1.13. The number of rotatable bonds is 15. The van der Waals surface area contributed by atoms with Crippen LogP contribution in [0.15, 0.2) is 30.3 Å². The van der Waals surface area contributed by atoms with Crippen molar-refractivity contribution < 1.29 is 19.5 Å². The van der Waals surface area contributed by atoms with Gasteiger partial charge in [0.25, 0.3) is 0 Å². The second kappa shape index (κ2) is 17.5. The Morgan fingerprint density at radius 2 is 1.41 bits per heavy atom. The van der Waals surface area contributed by atoms with Gasteiger partial charge in [0.05, 0.1) is 26.6 Å². The Labute approximate surface area is 179 Å². The Kier molecular flexibility index (Phi) is 16.6. The quantitative estimate of drug-likeness (QED) is 0.335. The number of quaternary nitrogens is 1. The molecule has 0 heterocycles. The number of likely N-dealkylation sites (N-methyl/N-ethyl adjacent to an activating group) is 1. The van der Waals surface area contributed by atoms with Crippen molar-refractivity contribution in [2.24, 2.45) is 0 Å². The zero-order chi connectivity index (χ0) is 22.0. The van der Waals surface area contributed by atoms with Crippen LogP contribution in [0.3, 0.4) is 0 Å². The van der Waals surface area contributed by atoms with E-state index in [0.717, 1.165) is 17.4 Å². The first-order chi connectivity index (χ1) is 13.8. The minimum absolute atomic E-state index is 0.109. The topological polar surface area (TPSA) is 60.4 Å². The molecule has 0 saturated heterocycles. The number of hydrogen-bond donors (Lipinski definition) is 1. The van der Waals surface area contributed by atoms with Gasteiger partial charge in [0.2, 0.25) is 0 Å². The molecule has 0 aliphatic rings. The van der Waals surface area contributed by atoms with E-state index in [9.17, 15) is 15.0 Å². The Bertz CT molecular complexity index is 502. The molecule has 0 aliphatic heterocycles. The summed E-state index contributed by atoms with van der Waals surface area (Å²) in [5, 5.41) is 20.2. The van der Waals surface area contributed by atoms with E-state index in [1.165, 1.54) is 82.9 Å². The number of benzene rings is 1. The summed E-state index contributed by atoms with van der Waals surface area (Å²) < 4.78 is 0.964. The van der Waals surface area contributed by atoms with E-state index in [1.807, 2.05) is 0 Å². The second-order valence-corrected chi connectivity index (χ2v) is 8.77. The molecule has 4 heteroatoms. The third-order valence-electron chi connectivity index (χ3n) is 5.22. The lowest BCUT2D eigenvalue weighted by atomic mass is 10.1. The highest BCUT2D eigenvalue weighted by molar-refractivity contribution is 5.85. The van der Waals surface area contributed by atoms with Crippen molar-refractivity contribution in [3.05, 3.63) is 35.9 Å². The van der Waals surface area contributed by atoms with Crippen molar-refractivity contribution in [2.75, 3.05) is 27.2 Å². The third kappa shape index (κ3) is 17.2. The Morgan fingerprint density at radius 3 is 1.90 bits per heavy atom. The van der Waals surface area contributed by atoms with Gasteiger partial charge in [-0.05, 0) is 18.4 Å². The summed E-state index contributed by atoms with van der Waals surface area (Å²) in [5.41, 5.74) is 0.220. The van der Waals surface area contributed by atoms with Gasteiger partial charge in [-0.3, -0.25) is 0 Å². The first-order valence-electron chi connectivity index (χ1n) is 11.6. The van der Waals surface area contributed by atoms with Crippen LogP contribution < -0.4 is 5.11 Å². The number of aromatic carboxylic acids is 1. The molecule has 0 bridgehead atoms. The number of carbonyl (C=O) groups is 1. The van der Waals surface area contributed by atoms with E-state index in [2.05, 4.69) is 27.9 Å². The van der Waals surface area contributed by atoms with Gasteiger partial charge in [-0.1, -0.05) is 102 Å². The normalized spacial score (nSPS) is 12.2. The van der Waals surface area contributed by atoms with Crippen LogP contribution in [0.2, 0.25) is 0 Å². The Morgan fingerprint density at radius 1 is 0.897 bits per heavy atom. The largest absolute Gasteiger partial charge is 0.545 e. The highest BCUT2D eigenvalue weighted by Gasteiger charge is 2.19. The fraction of sp³-hybridized carbons (Fsp3) is 0.720. The zero-order valence-electron chi connectivity index (χ0n) is 19.4. The van der Waals surface area contributed by atoms with E-state index >= 15 is 0 Å². The molecule has 0 spiro atoms. The van der Waals surface area contributed by atoms with Gasteiger partial charge in [-0.2, -0.15) is 0 Å². The fourth-order valence-corrected chi connectivity index (χ4v) is 3.43. The summed E-state index contributed by atoms with van der Waals surface area (Å²) in [6, 6.07) is 8.06. The highest BCUT2D eigenvalue weighted by atomic mass is 16.4. The molecule has 168 valence electrons. The Balaban J connectivity index is 0.000000717. The predicted molar refractivity (Wildman–Crippen MR) is 121 cm³/mol. The van der Waals surface area contributed by atoms with Gasteiger partial charge >= 0.3 is 0 Å². The van der Waals surface area contributed by atoms with Gasteiger partial charge in [-0.25, -0.2) is 0 Å². The first kappa shape index (κ1) is 27.6. The molecule has 1 rings (SSSR count). The summed E-state index contributed by atoms with van der Waals surface area (Å²) in [7, 11) is 4.49. The van der Waals surface area contributed by atoms with Crippen molar-refractivity contribution in [1.29, 1.82) is 0 Å². The third-order valence-corrected chi connectivity index (χ3v) is 5.22. The molecule has 1 unspecified atom stereocenters. The highest BCUT2D eigenvalue weighted by Crippen LogP contribution is 2.12. The fourth-order valence-electron chi connectivity index (χ4n) is 3.43. The first-order valence-corrected chi connectivity index (χ1v) is 11.6. The summed E-state index contributed by atoms with van der Waals surface area (Å²) in [4.78, 5) is 10.1. The maximum atomic E-state index is 10.1. The molecule has 0 amide bonds. The lowest BCUT2D eigenvalue weighted by Crippen LogP contribution is -2.45. The molecule has 1 aromatic rings. The number of carboxylic acids is 1. The lowest BCUT2D eigenvalue weighted by Gasteiger charge is -2.31. The molecule has 0 radical (unpaired) electrons. The van der Waals surface area contributed by atoms with Crippen molar-refractivity contribution >= 4 is 5.97 Å². The molecule has 0 aliphatic carbocycles. The lowest BCUT2D eigenvalue weighted by molar-refractivity contribution is -0.893. The smallest absolute Gasteiger partial charge is 0.105 e. The van der Waals surface area contributed by atoms with Gasteiger partial charge < -0.3 is 19.5 Å². The molecule has 1 N–H and O–H groups in total. The van der Waals surface area contributed by atoms with E-state index < -0.39 is 5.97 Å². The van der Waals surface area contributed by atoms with Crippen molar-refractivity contribution in [3.8, 4) is 0 Å². The van der Waals surface area contributed by atoms with Crippen LogP contribution in [-0.2, 0) is 0 Å². The molecular formula is C25H45NO3. The van der Waals surface area contributed by atoms with Crippen LogP contribution in [0.4, 0.5) is 0 Å². The maximum Gasteiger partial charge on any atom is 0.105 e. The van der Waals surface area contributed by atoms with Crippen LogP contribution in [0.25, 0.3) is 0 Å². The number of aliphatic hydroxyl groups is 1. The van der Waals surface area contributed by atoms with Gasteiger partial charge in [0, 0.05) is 0 Å². The molecule has 29 heavy (non-hydrogen) atoms.